The predicted octanol–water partition coefficient (Wildman–Crippen LogP) is 3.70. The van der Waals surface area contributed by atoms with Crippen LogP contribution < -0.4 is 0 Å². The number of halogens is 3. The molecule has 1 aromatic carbocycles. The van der Waals surface area contributed by atoms with Gasteiger partial charge in [0, 0.05) is 6.20 Å². The van der Waals surface area contributed by atoms with Crippen LogP contribution in [0.25, 0.3) is 10.4 Å². The Morgan fingerprint density at radius 3 is 2.29 bits per heavy atom. The third kappa shape index (κ3) is 2.45. The molecule has 0 unspecified atom stereocenters. The third-order valence-corrected chi connectivity index (χ3v) is 3.14. The molecular weight excluding hydrogens is 249 g/mol. The Kier molecular flexibility index (Phi) is 2.86. The first kappa shape index (κ1) is 11.6. The lowest BCUT2D eigenvalue weighted by Gasteiger charge is -1.99. The van der Waals surface area contributed by atoms with Crippen LogP contribution >= 0.6 is 11.3 Å². The highest BCUT2D eigenvalue weighted by Gasteiger charge is 2.34. The van der Waals surface area contributed by atoms with E-state index in [0.29, 0.717) is 27.3 Å². The topological polar surface area (TPSA) is 36.7 Å². The van der Waals surface area contributed by atoms with Gasteiger partial charge in [-0.2, -0.15) is 18.4 Å². The van der Waals surface area contributed by atoms with Gasteiger partial charge in [0.25, 0.3) is 0 Å². The summed E-state index contributed by atoms with van der Waals surface area (Å²) in [6.45, 7) is 0. The van der Waals surface area contributed by atoms with Crippen molar-refractivity contribution in [2.45, 2.75) is 6.18 Å². The van der Waals surface area contributed by atoms with Gasteiger partial charge in [0.1, 0.15) is 0 Å². The minimum Gasteiger partial charge on any atom is -0.240 e. The molecular formula is C11H5F3N2S. The molecule has 0 radical (unpaired) electrons. The lowest BCUT2D eigenvalue weighted by atomic mass is 10.1. The molecule has 0 fully saturated rings. The molecule has 0 spiro atoms. The Morgan fingerprint density at radius 1 is 1.18 bits per heavy atom. The van der Waals surface area contributed by atoms with Crippen LogP contribution in [0.5, 0.6) is 0 Å². The number of nitrogens with zero attached hydrogens (tertiary/aromatic N) is 2. The van der Waals surface area contributed by atoms with E-state index < -0.39 is 11.2 Å². The molecule has 0 saturated heterocycles. The van der Waals surface area contributed by atoms with E-state index in [9.17, 15) is 13.2 Å². The van der Waals surface area contributed by atoms with Crippen LogP contribution in [0.1, 0.15) is 10.6 Å². The van der Waals surface area contributed by atoms with Gasteiger partial charge in [-0.3, -0.25) is 0 Å². The Labute approximate surface area is 99.0 Å². The van der Waals surface area contributed by atoms with E-state index in [1.165, 1.54) is 6.20 Å². The molecule has 6 heteroatoms. The van der Waals surface area contributed by atoms with Crippen molar-refractivity contribution in [2.24, 2.45) is 0 Å². The minimum absolute atomic E-state index is 0.432. The minimum atomic E-state index is -4.41. The van der Waals surface area contributed by atoms with Gasteiger partial charge in [-0.25, -0.2) is 4.98 Å². The predicted molar refractivity (Wildman–Crippen MR) is 57.3 cm³/mol. The van der Waals surface area contributed by atoms with Crippen molar-refractivity contribution >= 4 is 11.3 Å². The summed E-state index contributed by atoms with van der Waals surface area (Å²) in [5.74, 6) is 0. The van der Waals surface area contributed by atoms with Gasteiger partial charge in [0.05, 0.1) is 16.5 Å². The molecule has 0 aliphatic carbocycles. The highest BCUT2D eigenvalue weighted by atomic mass is 32.1. The number of alkyl halides is 3. The van der Waals surface area contributed by atoms with E-state index in [2.05, 4.69) is 4.98 Å². The standard InChI is InChI=1S/C11H5F3N2S/c12-11(13,14)10-16-6-9(17-10)8-3-1-7(5-15)2-4-8/h1-4,6H. The monoisotopic (exact) mass is 254 g/mol. The molecule has 0 atom stereocenters. The maximum absolute atomic E-state index is 12.3. The summed E-state index contributed by atoms with van der Waals surface area (Å²) in [4.78, 5) is 3.77. The second-order valence-electron chi connectivity index (χ2n) is 3.22. The summed E-state index contributed by atoms with van der Waals surface area (Å²) in [6, 6.07) is 8.27. The Hall–Kier alpha value is -1.87. The average Bonchev–Trinajstić information content (AvgIpc) is 2.78. The molecule has 0 amide bonds. The molecule has 0 saturated carbocycles. The van der Waals surface area contributed by atoms with Crippen molar-refractivity contribution in [2.75, 3.05) is 0 Å². The smallest absolute Gasteiger partial charge is 0.240 e. The quantitative estimate of drug-likeness (QED) is 0.778. The number of rotatable bonds is 1. The summed E-state index contributed by atoms with van der Waals surface area (Å²) >= 11 is 0.587. The van der Waals surface area contributed by atoms with Crippen molar-refractivity contribution in [3.05, 3.63) is 41.0 Å². The normalized spacial score (nSPS) is 11.2. The average molecular weight is 254 g/mol. The van der Waals surface area contributed by atoms with Crippen molar-refractivity contribution in [1.82, 2.24) is 4.98 Å². The molecule has 17 heavy (non-hydrogen) atoms. The highest BCUT2D eigenvalue weighted by Crippen LogP contribution is 2.36. The first-order chi connectivity index (χ1) is 8.00. The molecule has 0 aliphatic rings. The summed E-state index contributed by atoms with van der Waals surface area (Å²) in [7, 11) is 0. The van der Waals surface area contributed by atoms with E-state index in [1.54, 1.807) is 24.3 Å². The van der Waals surface area contributed by atoms with Gasteiger partial charge in [0.2, 0.25) is 0 Å². The number of aromatic nitrogens is 1. The van der Waals surface area contributed by atoms with Crippen molar-refractivity contribution in [3.63, 3.8) is 0 Å². The zero-order chi connectivity index (χ0) is 12.5. The molecule has 1 heterocycles. The van der Waals surface area contributed by atoms with E-state index in [1.807, 2.05) is 6.07 Å². The largest absolute Gasteiger partial charge is 0.443 e. The van der Waals surface area contributed by atoms with Gasteiger partial charge in [0.15, 0.2) is 5.01 Å². The SMILES string of the molecule is N#Cc1ccc(-c2cnc(C(F)(F)F)s2)cc1. The molecule has 0 aliphatic heterocycles. The molecule has 2 nitrogen and oxygen atoms in total. The van der Waals surface area contributed by atoms with Gasteiger partial charge in [-0.15, -0.1) is 11.3 Å². The number of hydrogen-bond acceptors (Lipinski definition) is 3. The van der Waals surface area contributed by atoms with Crippen LogP contribution in [0, 0.1) is 11.3 Å². The van der Waals surface area contributed by atoms with Crippen molar-refractivity contribution < 1.29 is 13.2 Å². The molecule has 0 N–H and O–H groups in total. The van der Waals surface area contributed by atoms with Gasteiger partial charge in [-0.1, -0.05) is 12.1 Å². The van der Waals surface area contributed by atoms with Gasteiger partial charge in [-0.05, 0) is 17.7 Å². The zero-order valence-corrected chi connectivity index (χ0v) is 9.14. The first-order valence-electron chi connectivity index (χ1n) is 4.54. The Bertz CT molecular complexity index is 564. The fraction of sp³-hybridized carbons (Fsp3) is 0.0909. The first-order valence-corrected chi connectivity index (χ1v) is 5.36. The number of nitriles is 1. The number of thiazole rings is 1. The van der Waals surface area contributed by atoms with Crippen LogP contribution in [0.3, 0.4) is 0 Å². The van der Waals surface area contributed by atoms with Crippen LogP contribution in [-0.2, 0) is 6.18 Å². The molecule has 2 aromatic rings. The Balaban J connectivity index is 2.34. The zero-order valence-electron chi connectivity index (χ0n) is 8.32. The Morgan fingerprint density at radius 2 is 1.82 bits per heavy atom. The van der Waals surface area contributed by atoms with Crippen LogP contribution in [0.15, 0.2) is 30.5 Å². The maximum Gasteiger partial charge on any atom is 0.443 e. The van der Waals surface area contributed by atoms with E-state index in [4.69, 9.17) is 5.26 Å². The lowest BCUT2D eigenvalue weighted by molar-refractivity contribution is -0.137. The van der Waals surface area contributed by atoms with Crippen LogP contribution in [-0.4, -0.2) is 4.98 Å². The van der Waals surface area contributed by atoms with Gasteiger partial charge < -0.3 is 0 Å². The fourth-order valence-electron chi connectivity index (χ4n) is 1.25. The third-order valence-electron chi connectivity index (χ3n) is 2.05. The van der Waals surface area contributed by atoms with E-state index >= 15 is 0 Å². The van der Waals surface area contributed by atoms with Crippen LogP contribution in [0.4, 0.5) is 13.2 Å². The van der Waals surface area contributed by atoms with E-state index in [0.717, 1.165) is 0 Å². The number of hydrogen-bond donors (Lipinski definition) is 0. The summed E-state index contributed by atoms with van der Waals surface area (Å²) in [5, 5.41) is 7.74. The van der Waals surface area contributed by atoms with Crippen molar-refractivity contribution in [1.29, 1.82) is 5.26 Å². The summed E-state index contributed by atoms with van der Waals surface area (Å²) in [6.07, 6.45) is -3.22. The lowest BCUT2D eigenvalue weighted by Crippen LogP contribution is -2.02. The van der Waals surface area contributed by atoms with Gasteiger partial charge >= 0.3 is 6.18 Å². The molecule has 86 valence electrons. The second-order valence-corrected chi connectivity index (χ2v) is 4.25. The van der Waals surface area contributed by atoms with Crippen LogP contribution in [0.2, 0.25) is 0 Å². The highest BCUT2D eigenvalue weighted by molar-refractivity contribution is 7.15. The van der Waals surface area contributed by atoms with E-state index in [-0.39, 0.29) is 0 Å². The second kappa shape index (κ2) is 4.18. The summed E-state index contributed by atoms with van der Waals surface area (Å²) < 4.78 is 37.0. The molecule has 2 rings (SSSR count). The fourth-order valence-corrected chi connectivity index (χ4v) is 2.04. The maximum atomic E-state index is 12.3. The molecule has 0 bridgehead atoms. The van der Waals surface area contributed by atoms with Crippen molar-refractivity contribution in [3.8, 4) is 16.5 Å². The summed E-state index contributed by atoms with van der Waals surface area (Å²) in [5.41, 5.74) is 1.09. The number of benzene rings is 1. The molecule has 1 aromatic heterocycles.